The molecule has 1 aromatic rings. The average molecular weight is 297 g/mol. The standard InChI is InChI=1S/C15H21ClN2O2/c1-4-5-13-6-12(7-14(16)17-13)15(19)18-8-10(2)20-11(3)9-18/h6-7,10-11H,4-5,8-9H2,1-3H3/t10-,11+. The van der Waals surface area contributed by atoms with Crippen LogP contribution < -0.4 is 0 Å². The van der Waals surface area contributed by atoms with E-state index in [0.29, 0.717) is 23.8 Å². The molecule has 2 rings (SSSR count). The van der Waals surface area contributed by atoms with Gasteiger partial charge in [-0.1, -0.05) is 24.9 Å². The maximum absolute atomic E-state index is 12.6. The zero-order chi connectivity index (χ0) is 14.7. The van der Waals surface area contributed by atoms with Crippen molar-refractivity contribution in [3.63, 3.8) is 0 Å². The molecule has 1 amide bonds. The Morgan fingerprint density at radius 1 is 1.40 bits per heavy atom. The Kier molecular flexibility index (Phi) is 5.00. The number of pyridine rings is 1. The second kappa shape index (κ2) is 6.55. The molecule has 0 aliphatic carbocycles. The van der Waals surface area contributed by atoms with Crippen LogP contribution in [-0.2, 0) is 11.2 Å². The molecule has 4 nitrogen and oxygen atoms in total. The van der Waals surface area contributed by atoms with Crippen molar-refractivity contribution < 1.29 is 9.53 Å². The number of amides is 1. The van der Waals surface area contributed by atoms with Crippen molar-refractivity contribution in [1.29, 1.82) is 0 Å². The summed E-state index contributed by atoms with van der Waals surface area (Å²) in [5, 5.41) is 0.383. The van der Waals surface area contributed by atoms with Crippen LogP contribution in [0.3, 0.4) is 0 Å². The molecule has 1 fully saturated rings. The minimum absolute atomic E-state index is 0.00801. The van der Waals surface area contributed by atoms with Gasteiger partial charge in [-0.25, -0.2) is 4.98 Å². The number of rotatable bonds is 3. The van der Waals surface area contributed by atoms with E-state index in [4.69, 9.17) is 16.3 Å². The van der Waals surface area contributed by atoms with Crippen molar-refractivity contribution >= 4 is 17.5 Å². The summed E-state index contributed by atoms with van der Waals surface area (Å²) in [6, 6.07) is 3.50. The summed E-state index contributed by atoms with van der Waals surface area (Å²) in [4.78, 5) is 18.7. The number of carbonyl (C=O) groups is 1. The lowest BCUT2D eigenvalue weighted by atomic mass is 10.1. The van der Waals surface area contributed by atoms with Gasteiger partial charge in [-0.3, -0.25) is 4.79 Å². The Balaban J connectivity index is 2.19. The highest BCUT2D eigenvalue weighted by atomic mass is 35.5. The summed E-state index contributed by atoms with van der Waals surface area (Å²) < 4.78 is 5.66. The van der Waals surface area contributed by atoms with E-state index in [2.05, 4.69) is 11.9 Å². The van der Waals surface area contributed by atoms with E-state index in [1.54, 1.807) is 6.07 Å². The van der Waals surface area contributed by atoms with Crippen LogP contribution in [0, 0.1) is 0 Å². The summed E-state index contributed by atoms with van der Waals surface area (Å²) in [5.41, 5.74) is 1.49. The van der Waals surface area contributed by atoms with Gasteiger partial charge in [-0.15, -0.1) is 0 Å². The third kappa shape index (κ3) is 3.70. The number of nitrogens with zero attached hydrogens (tertiary/aromatic N) is 2. The monoisotopic (exact) mass is 296 g/mol. The molecule has 1 aliphatic heterocycles. The van der Waals surface area contributed by atoms with Gasteiger partial charge in [0, 0.05) is 24.3 Å². The normalized spacial score (nSPS) is 22.9. The van der Waals surface area contributed by atoms with E-state index in [1.807, 2.05) is 24.8 Å². The average Bonchev–Trinajstić information content (AvgIpc) is 2.36. The van der Waals surface area contributed by atoms with E-state index < -0.39 is 0 Å². The van der Waals surface area contributed by atoms with Crippen molar-refractivity contribution in [3.05, 3.63) is 28.5 Å². The lowest BCUT2D eigenvalue weighted by molar-refractivity contribution is -0.0586. The number of hydrogen-bond donors (Lipinski definition) is 0. The first-order valence-corrected chi connectivity index (χ1v) is 7.48. The van der Waals surface area contributed by atoms with E-state index in [9.17, 15) is 4.79 Å². The highest BCUT2D eigenvalue weighted by Crippen LogP contribution is 2.18. The molecular formula is C15H21ClN2O2. The fraction of sp³-hybridized carbons (Fsp3) is 0.600. The van der Waals surface area contributed by atoms with E-state index in [0.717, 1.165) is 18.5 Å². The summed E-state index contributed by atoms with van der Waals surface area (Å²) >= 11 is 6.02. The molecule has 0 spiro atoms. The molecule has 2 atom stereocenters. The smallest absolute Gasteiger partial charge is 0.254 e. The van der Waals surface area contributed by atoms with Crippen molar-refractivity contribution in [3.8, 4) is 0 Å². The molecule has 20 heavy (non-hydrogen) atoms. The minimum Gasteiger partial charge on any atom is -0.372 e. The highest BCUT2D eigenvalue weighted by Gasteiger charge is 2.27. The topological polar surface area (TPSA) is 42.4 Å². The number of halogens is 1. The zero-order valence-corrected chi connectivity index (χ0v) is 13.0. The summed E-state index contributed by atoms with van der Waals surface area (Å²) in [7, 11) is 0. The first kappa shape index (κ1) is 15.3. The van der Waals surface area contributed by atoms with Crippen LogP contribution in [0.2, 0.25) is 5.15 Å². The molecule has 5 heteroatoms. The van der Waals surface area contributed by atoms with Gasteiger partial charge in [0.1, 0.15) is 5.15 Å². The minimum atomic E-state index is 0.00801. The molecule has 110 valence electrons. The van der Waals surface area contributed by atoms with Gasteiger partial charge in [0.05, 0.1) is 12.2 Å². The quantitative estimate of drug-likeness (QED) is 0.806. The first-order valence-electron chi connectivity index (χ1n) is 7.10. The Labute approximate surface area is 125 Å². The number of carbonyl (C=O) groups excluding carboxylic acids is 1. The molecule has 1 aromatic heterocycles. The number of aromatic nitrogens is 1. The summed E-state index contributed by atoms with van der Waals surface area (Å²) in [5.74, 6) is 0.00801. The Bertz CT molecular complexity index is 483. The van der Waals surface area contributed by atoms with Crippen LogP contribution in [0.5, 0.6) is 0 Å². The predicted molar refractivity (Wildman–Crippen MR) is 79.2 cm³/mol. The van der Waals surface area contributed by atoms with Crippen molar-refractivity contribution in [2.24, 2.45) is 0 Å². The third-order valence-corrected chi connectivity index (χ3v) is 3.50. The van der Waals surface area contributed by atoms with Crippen LogP contribution in [0.15, 0.2) is 12.1 Å². The molecular weight excluding hydrogens is 276 g/mol. The molecule has 1 saturated heterocycles. The van der Waals surface area contributed by atoms with E-state index in [-0.39, 0.29) is 18.1 Å². The van der Waals surface area contributed by atoms with Crippen LogP contribution in [-0.4, -0.2) is 41.1 Å². The van der Waals surface area contributed by atoms with Crippen LogP contribution in [0.25, 0.3) is 0 Å². The first-order chi connectivity index (χ1) is 9.49. The molecule has 0 aromatic carbocycles. The SMILES string of the molecule is CCCc1cc(C(=O)N2C[C@@H](C)O[C@@H](C)C2)cc(Cl)n1. The molecule has 1 aliphatic rings. The number of morpholine rings is 1. The molecule has 2 heterocycles. The third-order valence-electron chi connectivity index (χ3n) is 3.31. The van der Waals surface area contributed by atoms with Gasteiger partial charge in [-0.05, 0) is 32.4 Å². The lowest BCUT2D eigenvalue weighted by Crippen LogP contribution is -2.48. The largest absolute Gasteiger partial charge is 0.372 e. The van der Waals surface area contributed by atoms with Gasteiger partial charge < -0.3 is 9.64 Å². The second-order valence-electron chi connectivity index (χ2n) is 5.39. The molecule has 0 radical (unpaired) electrons. The maximum atomic E-state index is 12.6. The van der Waals surface area contributed by atoms with Crippen molar-refractivity contribution in [1.82, 2.24) is 9.88 Å². The van der Waals surface area contributed by atoms with E-state index in [1.165, 1.54) is 0 Å². The molecule has 0 saturated carbocycles. The van der Waals surface area contributed by atoms with Gasteiger partial charge in [0.2, 0.25) is 0 Å². The van der Waals surface area contributed by atoms with Gasteiger partial charge in [0.25, 0.3) is 5.91 Å². The lowest BCUT2D eigenvalue weighted by Gasteiger charge is -2.35. The number of aryl methyl sites for hydroxylation is 1. The van der Waals surface area contributed by atoms with Crippen LogP contribution in [0.4, 0.5) is 0 Å². The van der Waals surface area contributed by atoms with Crippen molar-refractivity contribution in [2.45, 2.75) is 45.8 Å². The fourth-order valence-corrected chi connectivity index (χ4v) is 2.81. The number of ether oxygens (including phenoxy) is 1. The maximum Gasteiger partial charge on any atom is 0.254 e. The highest BCUT2D eigenvalue weighted by molar-refractivity contribution is 6.29. The zero-order valence-electron chi connectivity index (χ0n) is 12.2. The van der Waals surface area contributed by atoms with Gasteiger partial charge in [0.15, 0.2) is 0 Å². The fourth-order valence-electron chi connectivity index (χ4n) is 2.59. The Morgan fingerprint density at radius 2 is 2.05 bits per heavy atom. The predicted octanol–water partition coefficient (Wildman–Crippen LogP) is 2.94. The van der Waals surface area contributed by atoms with Crippen LogP contribution in [0.1, 0.15) is 43.2 Å². The second-order valence-corrected chi connectivity index (χ2v) is 5.77. The van der Waals surface area contributed by atoms with Gasteiger partial charge in [-0.2, -0.15) is 0 Å². The van der Waals surface area contributed by atoms with Crippen LogP contribution >= 0.6 is 11.6 Å². The molecule has 0 bridgehead atoms. The Hall–Kier alpha value is -1.13. The number of hydrogen-bond acceptors (Lipinski definition) is 3. The molecule has 0 N–H and O–H groups in total. The molecule has 0 unspecified atom stereocenters. The Morgan fingerprint density at radius 3 is 2.65 bits per heavy atom. The summed E-state index contributed by atoms with van der Waals surface area (Å²) in [6.45, 7) is 7.28. The summed E-state index contributed by atoms with van der Waals surface area (Å²) in [6.07, 6.45) is 1.94. The van der Waals surface area contributed by atoms with Gasteiger partial charge >= 0.3 is 0 Å². The van der Waals surface area contributed by atoms with E-state index >= 15 is 0 Å². The van der Waals surface area contributed by atoms with Crippen molar-refractivity contribution in [2.75, 3.05) is 13.1 Å².